The minimum absolute atomic E-state index is 0.583. The van der Waals surface area contributed by atoms with Gasteiger partial charge in [-0.3, -0.25) is 0 Å². The van der Waals surface area contributed by atoms with E-state index < -0.39 is 0 Å². The zero-order valence-corrected chi connectivity index (χ0v) is 13.4. The predicted molar refractivity (Wildman–Crippen MR) is 89.6 cm³/mol. The third-order valence-electron chi connectivity index (χ3n) is 3.61. The molecule has 0 saturated heterocycles. The average Bonchev–Trinajstić information content (AvgIpc) is 2.97. The summed E-state index contributed by atoms with van der Waals surface area (Å²) in [5.74, 6) is 0. The van der Waals surface area contributed by atoms with Crippen LogP contribution in [0.4, 0.5) is 0 Å². The van der Waals surface area contributed by atoms with Gasteiger partial charge >= 0.3 is 0 Å². The van der Waals surface area contributed by atoms with Crippen LogP contribution in [0.3, 0.4) is 0 Å². The summed E-state index contributed by atoms with van der Waals surface area (Å²) in [6.45, 7) is 5.49. The first-order valence-corrected chi connectivity index (χ1v) is 8.47. The average molecular weight is 287 g/mol. The van der Waals surface area contributed by atoms with Crippen molar-refractivity contribution < 1.29 is 0 Å². The van der Waals surface area contributed by atoms with Crippen LogP contribution < -0.4 is 5.32 Å². The Bertz CT molecular complexity index is 473. The second-order valence-electron chi connectivity index (χ2n) is 5.46. The zero-order valence-electron chi connectivity index (χ0n) is 12.6. The van der Waals surface area contributed by atoms with E-state index in [2.05, 4.69) is 60.9 Å². The van der Waals surface area contributed by atoms with Gasteiger partial charge in [0, 0.05) is 10.9 Å². The molecule has 2 aromatic rings. The van der Waals surface area contributed by atoms with Crippen LogP contribution in [0.25, 0.3) is 0 Å². The Morgan fingerprint density at radius 2 is 1.95 bits per heavy atom. The first-order valence-electron chi connectivity index (χ1n) is 7.59. The normalized spacial score (nSPS) is 12.5. The molecule has 1 atom stereocenters. The molecule has 2 heteroatoms. The van der Waals surface area contributed by atoms with Gasteiger partial charge in [0.1, 0.15) is 0 Å². The Morgan fingerprint density at radius 1 is 1.15 bits per heavy atom. The van der Waals surface area contributed by atoms with Crippen LogP contribution in [0.1, 0.15) is 35.8 Å². The molecule has 0 spiro atoms. The van der Waals surface area contributed by atoms with Gasteiger partial charge in [0.2, 0.25) is 0 Å². The van der Waals surface area contributed by atoms with E-state index in [-0.39, 0.29) is 0 Å². The standard InChI is InChI=1S/C18H25NS/c1-3-12-19-17(10-11-18-5-4-13-20-18)14-16-8-6-15(2)7-9-16/h4-9,13,17,19H,3,10-12,14H2,1-2H3. The largest absolute Gasteiger partial charge is 0.314 e. The number of rotatable bonds is 8. The molecular formula is C18H25NS. The van der Waals surface area contributed by atoms with Gasteiger partial charge in [0.25, 0.3) is 0 Å². The van der Waals surface area contributed by atoms with E-state index >= 15 is 0 Å². The summed E-state index contributed by atoms with van der Waals surface area (Å²) in [7, 11) is 0. The van der Waals surface area contributed by atoms with Crippen molar-refractivity contribution in [2.24, 2.45) is 0 Å². The molecule has 1 aromatic heterocycles. The molecule has 0 bridgehead atoms. The van der Waals surface area contributed by atoms with Crippen molar-refractivity contribution in [3.8, 4) is 0 Å². The fourth-order valence-electron chi connectivity index (χ4n) is 2.40. The fraction of sp³-hybridized carbons (Fsp3) is 0.444. The zero-order chi connectivity index (χ0) is 14.2. The highest BCUT2D eigenvalue weighted by Gasteiger charge is 2.09. The van der Waals surface area contributed by atoms with E-state index in [0.717, 1.165) is 13.0 Å². The lowest BCUT2D eigenvalue weighted by atomic mass is 10.0. The lowest BCUT2D eigenvalue weighted by molar-refractivity contribution is 0.479. The Morgan fingerprint density at radius 3 is 2.60 bits per heavy atom. The number of hydrogen-bond donors (Lipinski definition) is 1. The summed E-state index contributed by atoms with van der Waals surface area (Å²) < 4.78 is 0. The van der Waals surface area contributed by atoms with Crippen molar-refractivity contribution in [3.05, 3.63) is 57.8 Å². The lowest BCUT2D eigenvalue weighted by Gasteiger charge is -2.18. The van der Waals surface area contributed by atoms with E-state index in [1.807, 2.05) is 11.3 Å². The van der Waals surface area contributed by atoms with Crippen LogP contribution in [0.2, 0.25) is 0 Å². The summed E-state index contributed by atoms with van der Waals surface area (Å²) in [6.07, 6.45) is 4.73. The number of aryl methyl sites for hydroxylation is 2. The van der Waals surface area contributed by atoms with E-state index in [1.165, 1.54) is 35.3 Å². The molecular weight excluding hydrogens is 262 g/mol. The second-order valence-corrected chi connectivity index (χ2v) is 6.49. The van der Waals surface area contributed by atoms with Crippen molar-refractivity contribution >= 4 is 11.3 Å². The number of nitrogens with one attached hydrogen (secondary N) is 1. The monoisotopic (exact) mass is 287 g/mol. The lowest BCUT2D eigenvalue weighted by Crippen LogP contribution is -2.32. The minimum atomic E-state index is 0.583. The smallest absolute Gasteiger partial charge is 0.0111 e. The maximum atomic E-state index is 3.70. The molecule has 1 nitrogen and oxygen atoms in total. The highest BCUT2D eigenvalue weighted by atomic mass is 32.1. The topological polar surface area (TPSA) is 12.0 Å². The van der Waals surface area contributed by atoms with Gasteiger partial charge < -0.3 is 5.32 Å². The minimum Gasteiger partial charge on any atom is -0.314 e. The van der Waals surface area contributed by atoms with Gasteiger partial charge in [0.15, 0.2) is 0 Å². The Hall–Kier alpha value is -1.12. The van der Waals surface area contributed by atoms with Crippen LogP contribution in [0.15, 0.2) is 41.8 Å². The number of benzene rings is 1. The molecule has 1 heterocycles. The van der Waals surface area contributed by atoms with Crippen LogP contribution in [-0.2, 0) is 12.8 Å². The van der Waals surface area contributed by atoms with E-state index in [4.69, 9.17) is 0 Å². The molecule has 20 heavy (non-hydrogen) atoms. The predicted octanol–water partition coefficient (Wildman–Crippen LogP) is 4.60. The SMILES string of the molecule is CCCNC(CCc1cccs1)Cc1ccc(C)cc1. The molecule has 0 radical (unpaired) electrons. The first kappa shape index (κ1) is 15.3. The van der Waals surface area contributed by atoms with Gasteiger partial charge in [-0.15, -0.1) is 11.3 Å². The Balaban J connectivity index is 1.90. The van der Waals surface area contributed by atoms with Gasteiger partial charge in [-0.2, -0.15) is 0 Å². The highest BCUT2D eigenvalue weighted by molar-refractivity contribution is 7.09. The molecule has 108 valence electrons. The van der Waals surface area contributed by atoms with Gasteiger partial charge in [-0.25, -0.2) is 0 Å². The Kier molecular flexibility index (Phi) is 6.28. The molecule has 0 fully saturated rings. The molecule has 1 aromatic carbocycles. The number of thiophene rings is 1. The highest BCUT2D eigenvalue weighted by Crippen LogP contribution is 2.14. The molecule has 1 N–H and O–H groups in total. The van der Waals surface area contributed by atoms with Crippen molar-refractivity contribution in [1.29, 1.82) is 0 Å². The summed E-state index contributed by atoms with van der Waals surface area (Å²) >= 11 is 1.87. The van der Waals surface area contributed by atoms with Crippen molar-refractivity contribution in [1.82, 2.24) is 5.32 Å². The Labute approximate surface area is 127 Å². The summed E-state index contributed by atoms with van der Waals surface area (Å²) in [6, 6.07) is 13.9. The molecule has 0 aliphatic rings. The second kappa shape index (κ2) is 8.23. The summed E-state index contributed by atoms with van der Waals surface area (Å²) in [5.41, 5.74) is 2.78. The molecule has 1 unspecified atom stereocenters. The molecule has 0 saturated carbocycles. The molecule has 0 aliphatic carbocycles. The van der Waals surface area contributed by atoms with E-state index in [1.54, 1.807) is 0 Å². The maximum absolute atomic E-state index is 3.70. The van der Waals surface area contributed by atoms with Crippen molar-refractivity contribution in [2.75, 3.05) is 6.54 Å². The van der Waals surface area contributed by atoms with Crippen molar-refractivity contribution in [3.63, 3.8) is 0 Å². The molecule has 0 aliphatic heterocycles. The van der Waals surface area contributed by atoms with E-state index in [0.29, 0.717) is 6.04 Å². The molecule has 0 amide bonds. The van der Waals surface area contributed by atoms with Crippen LogP contribution in [0.5, 0.6) is 0 Å². The van der Waals surface area contributed by atoms with Gasteiger partial charge in [-0.1, -0.05) is 42.8 Å². The third kappa shape index (κ3) is 5.10. The van der Waals surface area contributed by atoms with Crippen LogP contribution in [0, 0.1) is 6.92 Å². The molecule has 2 rings (SSSR count). The van der Waals surface area contributed by atoms with Gasteiger partial charge in [0.05, 0.1) is 0 Å². The van der Waals surface area contributed by atoms with E-state index in [9.17, 15) is 0 Å². The number of hydrogen-bond acceptors (Lipinski definition) is 2. The quantitative estimate of drug-likeness (QED) is 0.748. The van der Waals surface area contributed by atoms with Gasteiger partial charge in [-0.05, 0) is 56.2 Å². The summed E-state index contributed by atoms with van der Waals surface area (Å²) in [4.78, 5) is 1.50. The van der Waals surface area contributed by atoms with Crippen LogP contribution in [-0.4, -0.2) is 12.6 Å². The summed E-state index contributed by atoms with van der Waals surface area (Å²) in [5, 5.41) is 5.87. The van der Waals surface area contributed by atoms with Crippen LogP contribution >= 0.6 is 11.3 Å². The third-order valence-corrected chi connectivity index (χ3v) is 4.54. The maximum Gasteiger partial charge on any atom is 0.0111 e. The van der Waals surface area contributed by atoms with Crippen molar-refractivity contribution in [2.45, 2.75) is 45.6 Å². The first-order chi connectivity index (χ1) is 9.78. The fourth-order valence-corrected chi connectivity index (χ4v) is 3.13.